The normalized spacial score (nSPS) is 10.3. The minimum atomic E-state index is -1.57. The van der Waals surface area contributed by atoms with E-state index in [2.05, 4.69) is 0 Å². The number of hydrogen-bond donors (Lipinski definition) is 0. The molecular weight excluding hydrogens is 303 g/mol. The lowest BCUT2D eigenvalue weighted by Crippen LogP contribution is -2.43. The highest BCUT2D eigenvalue weighted by molar-refractivity contribution is 6.30. The molecule has 0 atom stereocenters. The van der Waals surface area contributed by atoms with E-state index >= 15 is 0 Å². The Morgan fingerprint density at radius 2 is 1.20 bits per heavy atom. The highest BCUT2D eigenvalue weighted by Crippen LogP contribution is 2.20. The van der Waals surface area contributed by atoms with Crippen LogP contribution in [0.25, 0.3) is 0 Å². The molecule has 0 N–H and O–H groups in total. The van der Waals surface area contributed by atoms with Gasteiger partial charge in [-0.3, -0.25) is 0 Å². The minimum absolute atomic E-state index is 0.303. The fourth-order valence-corrected chi connectivity index (χ4v) is 1.65. The van der Waals surface area contributed by atoms with Crippen LogP contribution in [0.2, 0.25) is 10.0 Å². The van der Waals surface area contributed by atoms with E-state index in [1.807, 2.05) is 0 Å². The largest absolute Gasteiger partial charge is 0.543 e. The number of ether oxygens (including phenoxy) is 2. The predicted molar refractivity (Wildman–Crippen MR) is 73.0 cm³/mol. The zero-order chi connectivity index (χ0) is 14.5. The van der Waals surface area contributed by atoms with Crippen LogP contribution in [-0.2, 0) is 4.79 Å². The van der Waals surface area contributed by atoms with Gasteiger partial charge in [-0.25, -0.2) is 0 Å². The second-order valence-corrected chi connectivity index (χ2v) is 4.67. The highest BCUT2D eigenvalue weighted by atomic mass is 35.5. The Balaban J connectivity index is 2.09. The number of carboxylic acid groups (broad SMARTS) is 1. The molecule has 0 aromatic heterocycles. The first-order valence-corrected chi connectivity index (χ1v) is 6.35. The van der Waals surface area contributed by atoms with E-state index in [0.717, 1.165) is 0 Å². The molecule has 0 aliphatic heterocycles. The summed E-state index contributed by atoms with van der Waals surface area (Å²) in [6.45, 7) is 0. The summed E-state index contributed by atoms with van der Waals surface area (Å²) >= 11 is 11.5. The van der Waals surface area contributed by atoms with Crippen molar-refractivity contribution in [3.63, 3.8) is 0 Å². The van der Waals surface area contributed by atoms with Gasteiger partial charge in [0.05, 0.1) is 0 Å². The van der Waals surface area contributed by atoms with Gasteiger partial charge >= 0.3 is 0 Å². The van der Waals surface area contributed by atoms with Gasteiger partial charge in [0, 0.05) is 10.0 Å². The zero-order valence-corrected chi connectivity index (χ0v) is 11.6. The maximum absolute atomic E-state index is 11.0. The summed E-state index contributed by atoms with van der Waals surface area (Å²) in [6.07, 6.45) is -1.57. The Bertz CT molecular complexity index is 534. The molecule has 0 unspecified atom stereocenters. The Morgan fingerprint density at radius 3 is 1.50 bits per heavy atom. The lowest BCUT2D eigenvalue weighted by atomic mass is 10.3. The second-order valence-electron chi connectivity index (χ2n) is 3.79. The topological polar surface area (TPSA) is 58.6 Å². The Kier molecular flexibility index (Phi) is 4.71. The molecule has 6 heteroatoms. The molecule has 0 fully saturated rings. The molecule has 0 heterocycles. The molecule has 104 valence electrons. The van der Waals surface area contributed by atoms with Gasteiger partial charge in [-0.1, -0.05) is 23.2 Å². The van der Waals surface area contributed by atoms with Crippen LogP contribution in [-0.4, -0.2) is 12.3 Å². The van der Waals surface area contributed by atoms with Crippen LogP contribution >= 0.6 is 23.2 Å². The van der Waals surface area contributed by atoms with Crippen molar-refractivity contribution in [3.8, 4) is 11.5 Å². The first kappa shape index (κ1) is 14.5. The molecule has 20 heavy (non-hydrogen) atoms. The van der Waals surface area contributed by atoms with Crippen LogP contribution in [0.1, 0.15) is 0 Å². The molecule has 2 aromatic rings. The van der Waals surface area contributed by atoms with E-state index in [1.165, 1.54) is 24.3 Å². The van der Waals surface area contributed by atoms with Crippen LogP contribution in [0.4, 0.5) is 0 Å². The number of halogens is 2. The number of rotatable bonds is 5. The van der Waals surface area contributed by atoms with Crippen molar-refractivity contribution >= 4 is 29.2 Å². The van der Waals surface area contributed by atoms with Gasteiger partial charge in [0.2, 0.25) is 0 Å². The van der Waals surface area contributed by atoms with Crippen molar-refractivity contribution in [1.82, 2.24) is 0 Å². The van der Waals surface area contributed by atoms with Gasteiger partial charge in [-0.2, -0.15) is 0 Å². The molecule has 0 aliphatic carbocycles. The monoisotopic (exact) mass is 311 g/mol. The average molecular weight is 312 g/mol. The summed E-state index contributed by atoms with van der Waals surface area (Å²) < 4.78 is 10.4. The summed E-state index contributed by atoms with van der Waals surface area (Å²) in [4.78, 5) is 11.0. The summed E-state index contributed by atoms with van der Waals surface area (Å²) in [6, 6.07) is 12.4. The molecule has 0 spiro atoms. The predicted octanol–water partition coefficient (Wildman–Crippen LogP) is 2.53. The molecule has 0 aliphatic rings. The van der Waals surface area contributed by atoms with Gasteiger partial charge in [0.1, 0.15) is 17.5 Å². The van der Waals surface area contributed by atoms with E-state index in [1.54, 1.807) is 24.3 Å². The highest BCUT2D eigenvalue weighted by Gasteiger charge is 2.14. The molecule has 2 rings (SSSR count). The molecule has 0 saturated carbocycles. The van der Waals surface area contributed by atoms with Crippen molar-refractivity contribution < 1.29 is 19.4 Å². The average Bonchev–Trinajstić information content (AvgIpc) is 2.42. The van der Waals surface area contributed by atoms with Crippen LogP contribution < -0.4 is 14.6 Å². The minimum Gasteiger partial charge on any atom is -0.543 e. The van der Waals surface area contributed by atoms with Crippen molar-refractivity contribution in [2.75, 3.05) is 0 Å². The fourth-order valence-electron chi connectivity index (χ4n) is 1.39. The Morgan fingerprint density at radius 1 is 0.850 bits per heavy atom. The Hall–Kier alpha value is -1.91. The van der Waals surface area contributed by atoms with E-state index in [-0.39, 0.29) is 0 Å². The van der Waals surface area contributed by atoms with Crippen molar-refractivity contribution in [3.05, 3.63) is 58.6 Å². The molecule has 0 amide bonds. The molecule has 0 saturated heterocycles. The van der Waals surface area contributed by atoms with Crippen LogP contribution in [0.3, 0.4) is 0 Å². The zero-order valence-electron chi connectivity index (χ0n) is 10.1. The van der Waals surface area contributed by atoms with Gasteiger partial charge in [-0.15, -0.1) is 0 Å². The number of aliphatic carboxylic acids is 1. The van der Waals surface area contributed by atoms with Crippen molar-refractivity contribution in [2.24, 2.45) is 0 Å². The fraction of sp³-hybridized carbons (Fsp3) is 0.0714. The van der Waals surface area contributed by atoms with E-state index < -0.39 is 12.3 Å². The van der Waals surface area contributed by atoms with E-state index in [0.29, 0.717) is 21.5 Å². The lowest BCUT2D eigenvalue weighted by molar-refractivity contribution is -0.323. The number of carbonyl (C=O) groups excluding carboxylic acids is 1. The summed E-state index contributed by atoms with van der Waals surface area (Å²) in [7, 11) is 0. The molecule has 0 radical (unpaired) electrons. The summed E-state index contributed by atoms with van der Waals surface area (Å²) in [5.74, 6) is -0.884. The van der Waals surface area contributed by atoms with Gasteiger partial charge in [-0.05, 0) is 48.5 Å². The van der Waals surface area contributed by atoms with Crippen LogP contribution in [0.5, 0.6) is 11.5 Å². The van der Waals surface area contributed by atoms with Crippen molar-refractivity contribution in [1.29, 1.82) is 0 Å². The Labute approximate surface area is 125 Å². The second kappa shape index (κ2) is 6.50. The molecule has 4 nitrogen and oxygen atoms in total. The van der Waals surface area contributed by atoms with Gasteiger partial charge < -0.3 is 19.4 Å². The maximum atomic E-state index is 11.0. The quantitative estimate of drug-likeness (QED) is 0.796. The van der Waals surface area contributed by atoms with Crippen LogP contribution in [0, 0.1) is 0 Å². The van der Waals surface area contributed by atoms with Crippen LogP contribution in [0.15, 0.2) is 48.5 Å². The van der Waals surface area contributed by atoms with Gasteiger partial charge in [0.15, 0.2) is 0 Å². The maximum Gasteiger partial charge on any atom is 0.281 e. The standard InChI is InChI=1S/C14H10Cl2O4/c15-9-1-5-11(6-2-9)19-14(13(17)18)20-12-7-3-10(16)4-8-12/h1-8,14H,(H,17,18)/p-1. The first-order chi connectivity index (χ1) is 9.54. The molecule has 2 aromatic carbocycles. The molecular formula is C14H9Cl2O4-. The van der Waals surface area contributed by atoms with Crippen molar-refractivity contribution in [2.45, 2.75) is 6.29 Å². The van der Waals surface area contributed by atoms with E-state index in [4.69, 9.17) is 32.7 Å². The smallest absolute Gasteiger partial charge is 0.281 e. The summed E-state index contributed by atoms with van der Waals surface area (Å²) in [5.41, 5.74) is 0. The molecule has 0 bridgehead atoms. The number of carboxylic acids is 1. The number of carbonyl (C=O) groups is 1. The van der Waals surface area contributed by atoms with Gasteiger partial charge in [0.25, 0.3) is 6.29 Å². The lowest BCUT2D eigenvalue weighted by Gasteiger charge is -2.21. The third-order valence-corrected chi connectivity index (χ3v) is 2.81. The third-order valence-electron chi connectivity index (χ3n) is 2.31. The first-order valence-electron chi connectivity index (χ1n) is 5.60. The number of hydrogen-bond acceptors (Lipinski definition) is 4. The van der Waals surface area contributed by atoms with E-state index in [9.17, 15) is 9.90 Å². The third kappa shape index (κ3) is 4.05. The number of benzene rings is 2. The SMILES string of the molecule is O=C([O-])C(Oc1ccc(Cl)cc1)Oc1ccc(Cl)cc1. The summed E-state index contributed by atoms with van der Waals surface area (Å²) in [5, 5.41) is 12.1.